The number of aliphatic hydroxyl groups excluding tert-OH is 1. The number of hydrogen-bond acceptors (Lipinski definition) is 7. The van der Waals surface area contributed by atoms with E-state index in [1.165, 1.54) is 19.2 Å². The number of fused-ring (bicyclic) bond motifs is 1. The summed E-state index contributed by atoms with van der Waals surface area (Å²) >= 11 is 0. The molecule has 1 aromatic carbocycles. The molecule has 0 radical (unpaired) electrons. The Morgan fingerprint density at radius 2 is 1.84 bits per heavy atom. The monoisotopic (exact) mass is 444 g/mol. The van der Waals surface area contributed by atoms with E-state index < -0.39 is 11.7 Å². The summed E-state index contributed by atoms with van der Waals surface area (Å²) in [5.74, 6) is 1.25. The van der Waals surface area contributed by atoms with Crippen molar-refractivity contribution in [1.29, 1.82) is 0 Å². The first-order valence-electron chi connectivity index (χ1n) is 9.63. The molecule has 0 unspecified atom stereocenters. The summed E-state index contributed by atoms with van der Waals surface area (Å²) in [6, 6.07) is 8.39. The van der Waals surface area contributed by atoms with Gasteiger partial charge in [0, 0.05) is 24.4 Å². The smallest absolute Gasteiger partial charge is 0.416 e. The fraction of sp³-hybridized carbons (Fsp3) is 0.238. The van der Waals surface area contributed by atoms with Crippen molar-refractivity contribution in [1.82, 2.24) is 24.5 Å². The third-order valence-electron chi connectivity index (χ3n) is 4.71. The van der Waals surface area contributed by atoms with E-state index in [0.29, 0.717) is 39.8 Å². The molecule has 2 N–H and O–H groups in total. The zero-order valence-corrected chi connectivity index (χ0v) is 17.0. The minimum absolute atomic E-state index is 0.100. The van der Waals surface area contributed by atoms with Crippen LogP contribution in [0.2, 0.25) is 0 Å². The van der Waals surface area contributed by atoms with Gasteiger partial charge in [-0.1, -0.05) is 12.1 Å². The lowest BCUT2D eigenvalue weighted by Gasteiger charge is -2.10. The van der Waals surface area contributed by atoms with Crippen molar-refractivity contribution >= 4 is 17.0 Å². The Kier molecular flexibility index (Phi) is 5.91. The second kappa shape index (κ2) is 8.79. The van der Waals surface area contributed by atoms with E-state index in [1.807, 2.05) is 0 Å². The van der Waals surface area contributed by atoms with E-state index in [4.69, 9.17) is 4.74 Å². The van der Waals surface area contributed by atoms with Gasteiger partial charge >= 0.3 is 6.18 Å². The molecule has 0 aliphatic rings. The minimum atomic E-state index is -4.39. The van der Waals surface area contributed by atoms with E-state index in [-0.39, 0.29) is 19.7 Å². The van der Waals surface area contributed by atoms with Gasteiger partial charge in [-0.15, -0.1) is 0 Å². The molecule has 0 spiro atoms. The summed E-state index contributed by atoms with van der Waals surface area (Å²) < 4.78 is 45.3. The zero-order chi connectivity index (χ0) is 22.7. The number of anilines is 1. The number of nitrogens with zero attached hydrogens (tertiary/aromatic N) is 5. The Hall–Kier alpha value is -3.73. The van der Waals surface area contributed by atoms with Crippen LogP contribution in [-0.4, -0.2) is 49.9 Å². The molecule has 32 heavy (non-hydrogen) atoms. The predicted octanol–water partition coefficient (Wildman–Crippen LogP) is 3.37. The summed E-state index contributed by atoms with van der Waals surface area (Å²) in [6.45, 7) is 0.431. The van der Waals surface area contributed by atoms with Gasteiger partial charge in [-0.3, -0.25) is 0 Å². The summed E-state index contributed by atoms with van der Waals surface area (Å²) in [7, 11) is 1.52. The highest BCUT2D eigenvalue weighted by Gasteiger charge is 2.30. The molecule has 0 aliphatic carbocycles. The molecule has 3 heterocycles. The third kappa shape index (κ3) is 4.47. The van der Waals surface area contributed by atoms with Crippen molar-refractivity contribution < 1.29 is 23.0 Å². The molecule has 4 rings (SSSR count). The molecule has 0 aliphatic heterocycles. The molecule has 11 heteroatoms. The predicted molar refractivity (Wildman–Crippen MR) is 111 cm³/mol. The van der Waals surface area contributed by atoms with Gasteiger partial charge in [-0.05, 0) is 23.8 Å². The van der Waals surface area contributed by atoms with Crippen LogP contribution in [0, 0.1) is 0 Å². The topological polar surface area (TPSA) is 98.0 Å². The highest BCUT2D eigenvalue weighted by atomic mass is 19.4. The van der Waals surface area contributed by atoms with Gasteiger partial charge in [-0.2, -0.15) is 13.2 Å². The summed E-state index contributed by atoms with van der Waals surface area (Å²) in [4.78, 5) is 17.7. The standard InChI is InChI=1S/C21H19F3N6O2/c1-32-16-7-4-14(10-26-16)18-28-19(25-8-9-31)17-20(29-18)30(12-27-17)11-13-2-5-15(6-3-13)21(22,23)24/h2-7,10,12,31H,8-9,11H2,1H3,(H,25,28,29). The Bertz CT molecular complexity index is 1210. The molecule has 0 fully saturated rings. The molecule has 3 aromatic heterocycles. The maximum Gasteiger partial charge on any atom is 0.416 e. The van der Waals surface area contributed by atoms with Gasteiger partial charge in [0.1, 0.15) is 5.52 Å². The van der Waals surface area contributed by atoms with Crippen molar-refractivity contribution in [3.63, 3.8) is 0 Å². The van der Waals surface area contributed by atoms with Crippen molar-refractivity contribution in [2.75, 3.05) is 25.6 Å². The number of pyridine rings is 1. The number of hydrogen-bond donors (Lipinski definition) is 2. The van der Waals surface area contributed by atoms with Gasteiger partial charge in [0.2, 0.25) is 5.88 Å². The van der Waals surface area contributed by atoms with Crippen LogP contribution in [0.25, 0.3) is 22.6 Å². The lowest BCUT2D eigenvalue weighted by molar-refractivity contribution is -0.137. The van der Waals surface area contributed by atoms with Crippen molar-refractivity contribution in [2.24, 2.45) is 0 Å². The number of methoxy groups -OCH3 is 1. The number of imidazole rings is 1. The second-order valence-corrected chi connectivity index (χ2v) is 6.87. The molecule has 8 nitrogen and oxygen atoms in total. The van der Waals surface area contributed by atoms with E-state index >= 15 is 0 Å². The number of aliphatic hydroxyl groups is 1. The number of alkyl halides is 3. The molecule has 0 bridgehead atoms. The molecular weight excluding hydrogens is 425 g/mol. The first-order valence-corrected chi connectivity index (χ1v) is 9.63. The van der Waals surface area contributed by atoms with Gasteiger partial charge in [0.25, 0.3) is 0 Å². The number of aromatic nitrogens is 5. The number of benzene rings is 1. The first kappa shape index (κ1) is 21.5. The van der Waals surface area contributed by atoms with Gasteiger partial charge in [-0.25, -0.2) is 19.9 Å². The normalized spacial score (nSPS) is 11.7. The summed E-state index contributed by atoms with van der Waals surface area (Å²) in [5, 5.41) is 12.2. The Morgan fingerprint density at radius 3 is 2.47 bits per heavy atom. The van der Waals surface area contributed by atoms with Crippen LogP contribution in [0.5, 0.6) is 5.88 Å². The molecule has 0 saturated carbocycles. The lowest BCUT2D eigenvalue weighted by Crippen LogP contribution is -2.09. The van der Waals surface area contributed by atoms with E-state index in [9.17, 15) is 18.3 Å². The molecule has 166 valence electrons. The average molecular weight is 444 g/mol. The van der Waals surface area contributed by atoms with Crippen molar-refractivity contribution in [2.45, 2.75) is 12.7 Å². The first-order chi connectivity index (χ1) is 15.4. The highest BCUT2D eigenvalue weighted by molar-refractivity contribution is 5.85. The van der Waals surface area contributed by atoms with Crippen LogP contribution in [0.3, 0.4) is 0 Å². The number of ether oxygens (including phenoxy) is 1. The SMILES string of the molecule is COc1ccc(-c2nc(NCCO)c3ncn(Cc4ccc(C(F)(F)F)cc4)c3n2)cn1. The van der Waals surface area contributed by atoms with Gasteiger partial charge < -0.3 is 19.7 Å². The quantitative estimate of drug-likeness (QED) is 0.451. The van der Waals surface area contributed by atoms with E-state index in [1.54, 1.807) is 29.2 Å². The summed E-state index contributed by atoms with van der Waals surface area (Å²) in [5.41, 5.74) is 1.57. The largest absolute Gasteiger partial charge is 0.481 e. The average Bonchev–Trinajstić information content (AvgIpc) is 3.20. The Labute approximate surface area is 180 Å². The maximum absolute atomic E-state index is 12.8. The van der Waals surface area contributed by atoms with Gasteiger partial charge in [0.15, 0.2) is 17.3 Å². The molecule has 0 saturated heterocycles. The summed E-state index contributed by atoms with van der Waals surface area (Å²) in [6.07, 6.45) is -1.26. The fourth-order valence-electron chi connectivity index (χ4n) is 3.12. The molecular formula is C21H19F3N6O2. The van der Waals surface area contributed by atoms with Crippen LogP contribution in [0.15, 0.2) is 48.9 Å². The highest BCUT2D eigenvalue weighted by Crippen LogP contribution is 2.30. The van der Waals surface area contributed by atoms with Gasteiger partial charge in [0.05, 0.1) is 32.2 Å². The van der Waals surface area contributed by atoms with Crippen molar-refractivity contribution in [3.8, 4) is 17.3 Å². The minimum Gasteiger partial charge on any atom is -0.481 e. The van der Waals surface area contributed by atoms with Crippen LogP contribution < -0.4 is 10.1 Å². The van der Waals surface area contributed by atoms with Crippen LogP contribution in [0.1, 0.15) is 11.1 Å². The van der Waals surface area contributed by atoms with E-state index in [2.05, 4.69) is 25.3 Å². The number of rotatable bonds is 7. The van der Waals surface area contributed by atoms with Crippen LogP contribution >= 0.6 is 0 Å². The second-order valence-electron chi connectivity index (χ2n) is 6.87. The van der Waals surface area contributed by atoms with Crippen molar-refractivity contribution in [3.05, 3.63) is 60.0 Å². The zero-order valence-electron chi connectivity index (χ0n) is 17.0. The number of halogens is 3. The maximum atomic E-state index is 12.8. The molecule has 0 atom stereocenters. The Morgan fingerprint density at radius 1 is 1.06 bits per heavy atom. The third-order valence-corrected chi connectivity index (χ3v) is 4.71. The Balaban J connectivity index is 1.73. The lowest BCUT2D eigenvalue weighted by atomic mass is 10.1. The molecule has 0 amide bonds. The van der Waals surface area contributed by atoms with E-state index in [0.717, 1.165) is 12.1 Å². The van der Waals surface area contributed by atoms with Crippen LogP contribution in [0.4, 0.5) is 19.0 Å². The fourth-order valence-corrected chi connectivity index (χ4v) is 3.12. The number of nitrogens with one attached hydrogen (secondary N) is 1. The molecule has 4 aromatic rings. The van der Waals surface area contributed by atoms with Crippen LogP contribution in [-0.2, 0) is 12.7 Å².